The first-order valence-electron chi connectivity index (χ1n) is 9.57. The fourth-order valence-corrected chi connectivity index (χ4v) is 5.58. The number of nitrogens with one attached hydrogen (secondary N) is 1. The van der Waals surface area contributed by atoms with E-state index in [1.165, 1.54) is 18.4 Å². The van der Waals surface area contributed by atoms with E-state index in [1.54, 1.807) is 5.56 Å². The summed E-state index contributed by atoms with van der Waals surface area (Å²) in [5.41, 5.74) is 3.05. The Labute approximate surface area is 145 Å². The molecule has 24 heavy (non-hydrogen) atoms. The van der Waals surface area contributed by atoms with Crippen LogP contribution in [0.3, 0.4) is 0 Å². The number of piperidine rings is 1. The van der Waals surface area contributed by atoms with Crippen molar-refractivity contribution in [2.45, 2.75) is 76.9 Å². The summed E-state index contributed by atoms with van der Waals surface area (Å²) < 4.78 is 5.88. The molecule has 0 aromatic heterocycles. The predicted octanol–water partition coefficient (Wildman–Crippen LogP) is 4.20. The lowest BCUT2D eigenvalue weighted by atomic mass is 9.55. The van der Waals surface area contributed by atoms with Crippen LogP contribution in [0.4, 0.5) is 0 Å². The van der Waals surface area contributed by atoms with Crippen molar-refractivity contribution in [3.8, 4) is 5.75 Å². The van der Waals surface area contributed by atoms with Crippen molar-refractivity contribution in [3.63, 3.8) is 0 Å². The second-order valence-corrected chi connectivity index (χ2v) is 8.49. The number of benzene rings is 1. The Kier molecular flexibility index (Phi) is 3.85. The first kappa shape index (κ1) is 16.0. The van der Waals surface area contributed by atoms with Gasteiger partial charge in [0.2, 0.25) is 5.91 Å². The van der Waals surface area contributed by atoms with Gasteiger partial charge in [-0.15, -0.1) is 0 Å². The van der Waals surface area contributed by atoms with Crippen LogP contribution in [0.1, 0.15) is 69.9 Å². The summed E-state index contributed by atoms with van der Waals surface area (Å²) in [6.45, 7) is 6.43. The monoisotopic (exact) mass is 327 g/mol. The molecule has 1 aromatic carbocycles. The van der Waals surface area contributed by atoms with Crippen LogP contribution < -0.4 is 10.1 Å². The molecule has 1 saturated heterocycles. The number of rotatable bonds is 2. The van der Waals surface area contributed by atoms with Crippen LogP contribution in [0.5, 0.6) is 5.75 Å². The van der Waals surface area contributed by atoms with E-state index in [0.717, 1.165) is 25.0 Å². The highest BCUT2D eigenvalue weighted by Crippen LogP contribution is 2.53. The zero-order valence-corrected chi connectivity index (χ0v) is 15.1. The lowest BCUT2D eigenvalue weighted by Gasteiger charge is -2.54. The quantitative estimate of drug-likeness (QED) is 0.884. The molecule has 1 aromatic rings. The van der Waals surface area contributed by atoms with Crippen LogP contribution >= 0.6 is 0 Å². The maximum absolute atomic E-state index is 11.9. The molecule has 1 saturated carbocycles. The summed E-state index contributed by atoms with van der Waals surface area (Å²) in [5.74, 6) is 3.27. The van der Waals surface area contributed by atoms with Gasteiger partial charge in [-0.1, -0.05) is 6.07 Å². The van der Waals surface area contributed by atoms with Gasteiger partial charge in [-0.2, -0.15) is 0 Å². The van der Waals surface area contributed by atoms with Crippen molar-refractivity contribution >= 4 is 5.91 Å². The summed E-state index contributed by atoms with van der Waals surface area (Å²) in [7, 11) is 0. The summed E-state index contributed by atoms with van der Waals surface area (Å²) >= 11 is 0. The molecule has 0 radical (unpaired) electrons. The molecular formula is C21H29NO2. The van der Waals surface area contributed by atoms with E-state index in [9.17, 15) is 4.79 Å². The van der Waals surface area contributed by atoms with Crippen LogP contribution in [0.15, 0.2) is 18.2 Å². The SMILES string of the molecule is CC(C)Oc1ccc2c(c1)CC[C@@H]1[C@@H]2CC[C@]2(C)NC(=O)CC[C@@H]12. The number of carbonyl (C=O) groups is 1. The number of carbonyl (C=O) groups excluding carboxylic acids is 1. The number of hydrogen-bond donors (Lipinski definition) is 1. The molecule has 3 nitrogen and oxygen atoms in total. The lowest BCUT2D eigenvalue weighted by Crippen LogP contribution is -2.60. The second kappa shape index (κ2) is 5.79. The number of ether oxygens (including phenoxy) is 1. The Morgan fingerprint density at radius 3 is 2.83 bits per heavy atom. The molecule has 1 N–H and O–H groups in total. The molecule has 130 valence electrons. The second-order valence-electron chi connectivity index (χ2n) is 8.49. The average Bonchev–Trinajstić information content (AvgIpc) is 2.52. The fraction of sp³-hybridized carbons (Fsp3) is 0.667. The highest BCUT2D eigenvalue weighted by Gasteiger charge is 2.50. The van der Waals surface area contributed by atoms with E-state index >= 15 is 0 Å². The van der Waals surface area contributed by atoms with E-state index in [0.29, 0.717) is 24.2 Å². The van der Waals surface area contributed by atoms with Crippen molar-refractivity contribution in [2.75, 3.05) is 0 Å². The number of aryl methyl sites for hydroxylation is 1. The van der Waals surface area contributed by atoms with Gasteiger partial charge < -0.3 is 10.1 Å². The average molecular weight is 327 g/mol. The lowest BCUT2D eigenvalue weighted by molar-refractivity contribution is -0.129. The molecule has 1 amide bonds. The molecule has 0 bridgehead atoms. The van der Waals surface area contributed by atoms with Crippen molar-refractivity contribution in [2.24, 2.45) is 11.8 Å². The topological polar surface area (TPSA) is 38.3 Å². The van der Waals surface area contributed by atoms with Gasteiger partial charge in [0, 0.05) is 12.0 Å². The minimum absolute atomic E-state index is 0.0225. The number of fused-ring (bicyclic) bond motifs is 5. The van der Waals surface area contributed by atoms with E-state index in [1.807, 2.05) is 0 Å². The highest BCUT2D eigenvalue weighted by molar-refractivity contribution is 5.77. The normalized spacial score (nSPS) is 34.8. The largest absolute Gasteiger partial charge is 0.491 e. The Morgan fingerprint density at radius 2 is 2.04 bits per heavy atom. The predicted molar refractivity (Wildman–Crippen MR) is 95.3 cm³/mol. The van der Waals surface area contributed by atoms with Gasteiger partial charge in [-0.05, 0) is 93.9 Å². The first-order chi connectivity index (χ1) is 11.5. The van der Waals surface area contributed by atoms with Crippen LogP contribution in [0, 0.1) is 11.8 Å². The maximum Gasteiger partial charge on any atom is 0.220 e. The molecule has 0 unspecified atom stereocenters. The summed E-state index contributed by atoms with van der Waals surface area (Å²) in [4.78, 5) is 11.9. The van der Waals surface area contributed by atoms with Crippen LogP contribution in [-0.4, -0.2) is 17.6 Å². The summed E-state index contributed by atoms with van der Waals surface area (Å²) in [5, 5.41) is 3.32. The van der Waals surface area contributed by atoms with Gasteiger partial charge >= 0.3 is 0 Å². The third kappa shape index (κ3) is 2.62. The first-order valence-corrected chi connectivity index (χ1v) is 9.57. The minimum atomic E-state index is 0.0225. The van der Waals surface area contributed by atoms with Crippen molar-refractivity contribution < 1.29 is 9.53 Å². The van der Waals surface area contributed by atoms with E-state index in [4.69, 9.17) is 4.74 Å². The van der Waals surface area contributed by atoms with Gasteiger partial charge in [0.05, 0.1) is 6.10 Å². The molecule has 3 heteroatoms. The van der Waals surface area contributed by atoms with Gasteiger partial charge in [0.1, 0.15) is 5.75 Å². The zero-order valence-electron chi connectivity index (χ0n) is 15.1. The van der Waals surface area contributed by atoms with Gasteiger partial charge in [-0.25, -0.2) is 0 Å². The van der Waals surface area contributed by atoms with Crippen molar-refractivity contribution in [3.05, 3.63) is 29.3 Å². The van der Waals surface area contributed by atoms with Crippen molar-refractivity contribution in [1.82, 2.24) is 5.32 Å². The van der Waals surface area contributed by atoms with E-state index < -0.39 is 0 Å². The Morgan fingerprint density at radius 1 is 1.21 bits per heavy atom. The Hall–Kier alpha value is -1.51. The number of amides is 1. The van der Waals surface area contributed by atoms with E-state index in [-0.39, 0.29) is 17.6 Å². The Bertz CT molecular complexity index is 653. The minimum Gasteiger partial charge on any atom is -0.491 e. The molecule has 4 atom stereocenters. The molecule has 2 fully saturated rings. The molecule has 0 spiro atoms. The molecule has 1 heterocycles. The number of hydrogen-bond acceptors (Lipinski definition) is 2. The molecule has 2 aliphatic carbocycles. The van der Waals surface area contributed by atoms with Gasteiger partial charge in [0.25, 0.3) is 0 Å². The summed E-state index contributed by atoms with van der Waals surface area (Å²) in [6, 6.07) is 6.73. The van der Waals surface area contributed by atoms with Crippen LogP contribution in [-0.2, 0) is 11.2 Å². The van der Waals surface area contributed by atoms with Crippen molar-refractivity contribution in [1.29, 1.82) is 0 Å². The standard InChI is InChI=1S/C21H29NO2/c1-13(2)24-15-5-7-16-14(12-15)4-6-18-17(16)10-11-21(3)19(18)8-9-20(23)22-21/h5,7,12-13,17-19H,4,6,8-11H2,1-3H3,(H,22,23)/t17-,18-,19+,21+/m1/s1. The smallest absolute Gasteiger partial charge is 0.220 e. The Balaban J connectivity index is 1.61. The van der Waals surface area contributed by atoms with Gasteiger partial charge in [0.15, 0.2) is 0 Å². The van der Waals surface area contributed by atoms with Crippen LogP contribution in [0.25, 0.3) is 0 Å². The third-order valence-corrected chi connectivity index (χ3v) is 6.57. The molecular weight excluding hydrogens is 298 g/mol. The summed E-state index contributed by atoms with van der Waals surface area (Å²) in [6.07, 6.45) is 6.68. The molecule has 3 aliphatic rings. The zero-order chi connectivity index (χ0) is 16.9. The third-order valence-electron chi connectivity index (χ3n) is 6.57. The molecule has 1 aliphatic heterocycles. The fourth-order valence-electron chi connectivity index (χ4n) is 5.58. The van der Waals surface area contributed by atoms with E-state index in [2.05, 4.69) is 44.3 Å². The maximum atomic E-state index is 11.9. The molecule has 4 rings (SSSR count). The van der Waals surface area contributed by atoms with Gasteiger partial charge in [-0.3, -0.25) is 4.79 Å². The highest BCUT2D eigenvalue weighted by atomic mass is 16.5. The van der Waals surface area contributed by atoms with Crippen LogP contribution in [0.2, 0.25) is 0 Å².